The lowest BCUT2D eigenvalue weighted by atomic mass is 9.96. The Morgan fingerprint density at radius 3 is 1.00 bits per heavy atom. The summed E-state index contributed by atoms with van der Waals surface area (Å²) in [7, 11) is 1.47. The Morgan fingerprint density at radius 1 is 0.339 bits per heavy atom. The van der Waals surface area contributed by atoms with E-state index in [9.17, 15) is 98.7 Å². The molecule has 20 N–H and O–H groups in total. The molecule has 0 bridgehead atoms. The van der Waals surface area contributed by atoms with Gasteiger partial charge < -0.3 is 152 Å². The number of amides is 11. The smallest absolute Gasteiger partial charge is 0.245 e. The first-order chi connectivity index (χ1) is 56.7. The van der Waals surface area contributed by atoms with E-state index in [1.54, 1.807) is 0 Å². The molecule has 3 rings (SSSR count). The van der Waals surface area contributed by atoms with Crippen LogP contribution in [0.2, 0.25) is 0 Å². The second-order valence-corrected chi connectivity index (χ2v) is 29.8. The third-order valence-corrected chi connectivity index (χ3v) is 19.4. The molecule has 3 saturated heterocycles. The summed E-state index contributed by atoms with van der Waals surface area (Å²) < 4.78 is 57.2. The van der Waals surface area contributed by atoms with Gasteiger partial charge in [-0.1, -0.05) is 44.9 Å². The predicted molar refractivity (Wildman–Crippen MR) is 420 cm³/mol. The molecule has 0 spiro atoms. The molecule has 3 heterocycles. The summed E-state index contributed by atoms with van der Waals surface area (Å²) in [5.41, 5.74) is -1.41. The molecule has 118 heavy (non-hydrogen) atoms. The molecule has 11 amide bonds. The molecule has 0 aromatic rings. The number of nitrogens with one attached hydrogen (secondary N) is 11. The van der Waals surface area contributed by atoms with Crippen molar-refractivity contribution in [2.45, 2.75) is 273 Å². The van der Waals surface area contributed by atoms with Gasteiger partial charge in [0.15, 0.2) is 18.9 Å². The number of aliphatic hydroxyl groups is 9. The van der Waals surface area contributed by atoms with Gasteiger partial charge in [0.25, 0.3) is 0 Å². The van der Waals surface area contributed by atoms with Crippen molar-refractivity contribution in [1.82, 2.24) is 58.5 Å². The fourth-order valence-corrected chi connectivity index (χ4v) is 12.9. The maximum atomic E-state index is 14.0. The zero-order valence-corrected chi connectivity index (χ0v) is 69.3. The monoisotopic (exact) mass is 1700 g/mol. The maximum Gasteiger partial charge on any atom is 0.245 e. The van der Waals surface area contributed by atoms with Gasteiger partial charge in [0.1, 0.15) is 73.0 Å². The highest BCUT2D eigenvalue weighted by Crippen LogP contribution is 2.26. The summed E-state index contributed by atoms with van der Waals surface area (Å²) >= 11 is 0. The summed E-state index contributed by atoms with van der Waals surface area (Å²) in [6, 6.07) is -3.30. The van der Waals surface area contributed by atoms with Crippen molar-refractivity contribution in [3.8, 4) is 0 Å². The van der Waals surface area contributed by atoms with Gasteiger partial charge >= 0.3 is 0 Å². The quantitative estimate of drug-likeness (QED) is 0.0254. The van der Waals surface area contributed by atoms with Gasteiger partial charge in [-0.2, -0.15) is 0 Å². The van der Waals surface area contributed by atoms with E-state index in [2.05, 4.69) is 58.5 Å². The van der Waals surface area contributed by atoms with Crippen LogP contribution in [0.15, 0.2) is 0 Å². The van der Waals surface area contributed by atoms with Gasteiger partial charge in [-0.05, 0) is 70.6 Å². The van der Waals surface area contributed by atoms with Crippen LogP contribution >= 0.6 is 0 Å². The van der Waals surface area contributed by atoms with E-state index < -0.39 is 135 Å². The van der Waals surface area contributed by atoms with Crippen LogP contribution in [0.25, 0.3) is 0 Å². The molecule has 41 nitrogen and oxygen atoms in total. The van der Waals surface area contributed by atoms with Gasteiger partial charge in [-0.25, -0.2) is 0 Å². The van der Waals surface area contributed by atoms with Crippen molar-refractivity contribution in [2.75, 3.05) is 145 Å². The highest BCUT2D eigenvalue weighted by atomic mass is 16.7. The molecule has 0 aromatic carbocycles. The number of carbonyl (C=O) groups is 11. The molecular weight excluding hydrogens is 1560 g/mol. The number of unbranched alkanes of at least 4 members (excludes halogenated alkanes) is 11. The second kappa shape index (κ2) is 63.4. The topological polar surface area (TPSA) is 594 Å². The van der Waals surface area contributed by atoms with Crippen LogP contribution in [0.4, 0.5) is 0 Å². The largest absolute Gasteiger partial charge is 0.396 e. The average molecular weight is 1700 g/mol. The first-order valence-electron chi connectivity index (χ1n) is 41.6. The van der Waals surface area contributed by atoms with E-state index in [4.69, 9.17) is 47.4 Å². The highest BCUT2D eigenvalue weighted by Gasteiger charge is 2.47. The van der Waals surface area contributed by atoms with Crippen LogP contribution in [0.5, 0.6) is 0 Å². The molecule has 0 aliphatic carbocycles. The number of hydrogen-bond donors (Lipinski definition) is 20. The molecule has 3 aliphatic rings. The Balaban J connectivity index is 1.57. The molecule has 15 atom stereocenters. The van der Waals surface area contributed by atoms with E-state index in [1.165, 1.54) is 27.9 Å². The summed E-state index contributed by atoms with van der Waals surface area (Å²) in [6.45, 7) is 3.11. The Hall–Kier alpha value is -6.59. The third kappa shape index (κ3) is 45.9. The van der Waals surface area contributed by atoms with E-state index in [-0.39, 0.29) is 204 Å². The van der Waals surface area contributed by atoms with Crippen LogP contribution in [-0.4, -0.2) is 348 Å². The van der Waals surface area contributed by atoms with Crippen LogP contribution in [0.1, 0.15) is 181 Å². The minimum Gasteiger partial charge on any atom is -0.396 e. The van der Waals surface area contributed by atoms with Crippen molar-refractivity contribution in [2.24, 2.45) is 5.92 Å². The minimum atomic E-state index is -1.47. The predicted octanol–water partition coefficient (Wildman–Crippen LogP) is -4.77. The first-order valence-corrected chi connectivity index (χ1v) is 41.6. The molecule has 0 aromatic heterocycles. The number of carbonyl (C=O) groups excluding carboxylic acids is 11. The second-order valence-electron chi connectivity index (χ2n) is 29.8. The van der Waals surface area contributed by atoms with Crippen molar-refractivity contribution >= 4 is 65.0 Å². The molecule has 6 unspecified atom stereocenters. The Bertz CT molecular complexity index is 2760. The standard InChI is InChI=1S/C77H139N11O30/c1-51(92)85-65-71(106)68(103)54(43-89)46-116-74(65)113-37-17-13-23-57(95)78-31-20-34-81-60(98)27-40-110-48-77(88-63(101)26-12-10-8-6-5-7-9-11-16-30-84-64(102)47-109-4,49-111-41-28-61(99)82-35-21-32-79-58(96)24-14-18-38-114-75-66(86-52(2)93)72(107)69(104)55(44-90)117-75)50-112-42-29-62(100)83-36-22-33-80-59(97)25-15-19-39-115-76-67(87-53(3)94)73(108)70(105)56(45-91)118-76/h54-56,65-76,89-91,103-108H,5-50H2,1-4H3,(H,78,95)(H,79,96)(H,80,97)(H,81,98)(H,82,99)(H,83,100)(H,84,102)(H,85,92)(H,86,93)(H,87,94)(H,88,101)/t54?,55?,56?,65?,66?,67?,68-,69-,70-,71+,72+,73+,74+,75+,76+,77?/m0/s1. The average Bonchev–Trinajstić information content (AvgIpc) is 1.02. The summed E-state index contributed by atoms with van der Waals surface area (Å²) in [4.78, 5) is 138. The SMILES string of the molecule is COCC(=O)NCCCCCCCCCCCC(=O)NC(COCCC(=O)NCCCNC(=O)CCCCO[C@@H]1OCC(CO)[C@H](O)[C@H](O)C1NC(C)=O)(COCCC(=O)NCCCNC(=O)CCCCO[C@@H]1OC(CO)[C@H](O)[C@H](O)C1NC(C)=O)COCCC(=O)NCCCNC(=O)CCCCO[C@@H]1OC(CO)[C@H](O)[C@H](O)C1NC(C)=O. The van der Waals surface area contributed by atoms with Crippen molar-refractivity contribution < 1.29 is 146 Å². The van der Waals surface area contributed by atoms with Crippen LogP contribution in [0.3, 0.4) is 0 Å². The number of aliphatic hydroxyl groups excluding tert-OH is 9. The lowest BCUT2D eigenvalue weighted by Gasteiger charge is -2.42. The van der Waals surface area contributed by atoms with E-state index >= 15 is 0 Å². The van der Waals surface area contributed by atoms with Gasteiger partial charge in [-0.15, -0.1) is 0 Å². The normalized spacial score (nSPS) is 23.6. The lowest BCUT2D eigenvalue weighted by molar-refractivity contribution is -0.270. The van der Waals surface area contributed by atoms with Gasteiger partial charge in [0.05, 0.1) is 72.2 Å². The summed E-state index contributed by atoms with van der Waals surface area (Å²) in [5, 5.41) is 122. The number of ether oxygens (including phenoxy) is 10. The maximum absolute atomic E-state index is 14.0. The molecule has 682 valence electrons. The van der Waals surface area contributed by atoms with Gasteiger partial charge in [0.2, 0.25) is 65.0 Å². The Kier molecular flexibility index (Phi) is 56.7. The highest BCUT2D eigenvalue weighted by molar-refractivity contribution is 5.79. The van der Waals surface area contributed by atoms with Crippen molar-refractivity contribution in [3.05, 3.63) is 0 Å². The summed E-state index contributed by atoms with van der Waals surface area (Å²) in [5.74, 6) is -4.61. The fraction of sp³-hybridized carbons (Fsp3) is 0.857. The van der Waals surface area contributed by atoms with E-state index in [0.29, 0.717) is 70.8 Å². The zero-order chi connectivity index (χ0) is 86.9. The molecule has 41 heteroatoms. The van der Waals surface area contributed by atoms with E-state index in [1.807, 2.05) is 0 Å². The molecule has 0 radical (unpaired) electrons. The number of rotatable bonds is 66. The Labute approximate surface area is 691 Å². The third-order valence-electron chi connectivity index (χ3n) is 19.4. The van der Waals surface area contributed by atoms with Crippen LogP contribution in [0, 0.1) is 5.92 Å². The zero-order valence-electron chi connectivity index (χ0n) is 69.3. The number of methoxy groups -OCH3 is 1. The lowest BCUT2D eigenvalue weighted by Crippen LogP contribution is -2.64. The van der Waals surface area contributed by atoms with Crippen molar-refractivity contribution in [1.29, 1.82) is 0 Å². The van der Waals surface area contributed by atoms with Gasteiger partial charge in [0, 0.05) is 144 Å². The van der Waals surface area contributed by atoms with E-state index in [0.717, 1.165) is 51.4 Å². The minimum absolute atomic E-state index is 0.0244. The molecule has 3 aliphatic heterocycles. The molecule has 0 saturated carbocycles. The van der Waals surface area contributed by atoms with Crippen LogP contribution < -0.4 is 58.5 Å². The molecular formula is C77H139N11O30. The summed E-state index contributed by atoms with van der Waals surface area (Å²) in [6.07, 6.45) is -2.44. The fourth-order valence-electron chi connectivity index (χ4n) is 12.9. The van der Waals surface area contributed by atoms with Gasteiger partial charge in [-0.3, -0.25) is 52.7 Å². The number of hydrogen-bond acceptors (Lipinski definition) is 30. The van der Waals surface area contributed by atoms with Crippen LogP contribution in [-0.2, 0) is 100 Å². The molecule has 3 fully saturated rings. The first kappa shape index (κ1) is 106. The Morgan fingerprint density at radius 2 is 0.644 bits per heavy atom. The van der Waals surface area contributed by atoms with Crippen molar-refractivity contribution in [3.63, 3.8) is 0 Å².